The summed E-state index contributed by atoms with van der Waals surface area (Å²) < 4.78 is 0. The van der Waals surface area contributed by atoms with Crippen LogP contribution in [0.1, 0.15) is 35.8 Å². The van der Waals surface area contributed by atoms with Crippen LogP contribution in [0.5, 0.6) is 0 Å². The maximum atomic E-state index is 10.2. The fourth-order valence-corrected chi connectivity index (χ4v) is 3.15. The van der Waals surface area contributed by atoms with Crippen LogP contribution < -0.4 is 5.32 Å². The van der Waals surface area contributed by atoms with Crippen molar-refractivity contribution in [3.05, 3.63) is 35.0 Å². The molecule has 1 aromatic heterocycles. The molecule has 1 heterocycles. The van der Waals surface area contributed by atoms with Crippen molar-refractivity contribution in [2.24, 2.45) is 0 Å². The van der Waals surface area contributed by atoms with Gasteiger partial charge in [-0.3, -0.25) is 0 Å². The number of aliphatic hydroxyl groups excluding tert-OH is 2. The molecule has 0 saturated heterocycles. The molecule has 0 aliphatic heterocycles. The van der Waals surface area contributed by atoms with E-state index in [1.165, 1.54) is 29.5 Å². The Bertz CT molecular complexity index is 606. The van der Waals surface area contributed by atoms with Crippen LogP contribution in [0.3, 0.4) is 0 Å². The minimum Gasteiger partial charge on any atom is -0.389 e. The average Bonchev–Trinajstić information content (AvgIpc) is 2.84. The smallest absolute Gasteiger partial charge is 0.106 e. The number of hydrogen-bond acceptors (Lipinski definition) is 3. The molecule has 0 amide bonds. The standard InChI is InChI=1S/C16H22N2O2/c1-17-9-15(19)16(20)10-6-7-14-12(8-10)11-4-2-3-5-13(11)18-14/h6-8,15-20H,2-5,9H2,1H3. The van der Waals surface area contributed by atoms with Crippen molar-refractivity contribution in [3.8, 4) is 0 Å². The third-order valence-electron chi connectivity index (χ3n) is 4.24. The summed E-state index contributed by atoms with van der Waals surface area (Å²) in [7, 11) is 1.77. The highest BCUT2D eigenvalue weighted by molar-refractivity contribution is 5.85. The number of nitrogens with one attached hydrogen (secondary N) is 2. The molecule has 3 rings (SSSR count). The molecule has 4 nitrogen and oxygen atoms in total. The lowest BCUT2D eigenvalue weighted by molar-refractivity contribution is 0.0203. The summed E-state index contributed by atoms with van der Waals surface area (Å²) in [6.07, 6.45) is 3.07. The molecule has 2 unspecified atom stereocenters. The van der Waals surface area contributed by atoms with Gasteiger partial charge in [-0.05, 0) is 56.0 Å². The monoisotopic (exact) mass is 274 g/mol. The van der Waals surface area contributed by atoms with Crippen LogP contribution >= 0.6 is 0 Å². The Morgan fingerprint density at radius 3 is 2.85 bits per heavy atom. The van der Waals surface area contributed by atoms with Crippen LogP contribution in [0.2, 0.25) is 0 Å². The molecule has 1 aliphatic carbocycles. The highest BCUT2D eigenvalue weighted by atomic mass is 16.3. The van der Waals surface area contributed by atoms with Gasteiger partial charge in [-0.1, -0.05) is 6.07 Å². The van der Waals surface area contributed by atoms with Crippen LogP contribution in [-0.4, -0.2) is 34.9 Å². The fourth-order valence-electron chi connectivity index (χ4n) is 3.15. The van der Waals surface area contributed by atoms with E-state index in [1.807, 2.05) is 18.2 Å². The van der Waals surface area contributed by atoms with Gasteiger partial charge in [0.15, 0.2) is 0 Å². The molecule has 108 valence electrons. The van der Waals surface area contributed by atoms with E-state index in [9.17, 15) is 10.2 Å². The van der Waals surface area contributed by atoms with Crippen LogP contribution in [-0.2, 0) is 12.8 Å². The van der Waals surface area contributed by atoms with Crippen molar-refractivity contribution >= 4 is 10.9 Å². The number of aromatic amines is 1. The maximum Gasteiger partial charge on any atom is 0.106 e. The van der Waals surface area contributed by atoms with Crippen LogP contribution in [0.25, 0.3) is 10.9 Å². The topological polar surface area (TPSA) is 68.3 Å². The summed E-state index contributed by atoms with van der Waals surface area (Å²) in [6.45, 7) is 0.379. The first-order chi connectivity index (χ1) is 9.70. The Hall–Kier alpha value is -1.36. The molecule has 1 aromatic carbocycles. The van der Waals surface area contributed by atoms with Crippen molar-refractivity contribution < 1.29 is 10.2 Å². The number of hydrogen-bond donors (Lipinski definition) is 4. The number of aliphatic hydroxyl groups is 2. The third-order valence-corrected chi connectivity index (χ3v) is 4.24. The Kier molecular flexibility index (Phi) is 3.78. The van der Waals surface area contributed by atoms with Crippen molar-refractivity contribution in [1.82, 2.24) is 10.3 Å². The first-order valence-electron chi connectivity index (χ1n) is 7.35. The Morgan fingerprint density at radius 1 is 1.25 bits per heavy atom. The van der Waals surface area contributed by atoms with Gasteiger partial charge in [0, 0.05) is 23.1 Å². The zero-order chi connectivity index (χ0) is 14.1. The quantitative estimate of drug-likeness (QED) is 0.685. The van der Waals surface area contributed by atoms with E-state index in [1.54, 1.807) is 7.05 Å². The summed E-state index contributed by atoms with van der Waals surface area (Å²) in [6, 6.07) is 5.94. The Balaban J connectivity index is 1.97. The average molecular weight is 274 g/mol. The first-order valence-corrected chi connectivity index (χ1v) is 7.35. The number of benzene rings is 1. The molecule has 1 aliphatic rings. The highest BCUT2D eigenvalue weighted by Gasteiger charge is 2.20. The molecular formula is C16H22N2O2. The van der Waals surface area contributed by atoms with Gasteiger partial charge in [0.05, 0.1) is 6.10 Å². The van der Waals surface area contributed by atoms with Crippen molar-refractivity contribution in [2.45, 2.75) is 37.9 Å². The first kappa shape index (κ1) is 13.6. The van der Waals surface area contributed by atoms with Gasteiger partial charge in [-0.15, -0.1) is 0 Å². The largest absolute Gasteiger partial charge is 0.389 e. The predicted octanol–water partition coefficient (Wildman–Crippen LogP) is 1.66. The molecule has 4 heteroatoms. The summed E-state index contributed by atoms with van der Waals surface area (Å²) in [5, 5.41) is 24.2. The second kappa shape index (κ2) is 5.56. The van der Waals surface area contributed by atoms with E-state index < -0.39 is 12.2 Å². The molecule has 0 saturated carbocycles. The molecule has 20 heavy (non-hydrogen) atoms. The molecular weight excluding hydrogens is 252 g/mol. The Morgan fingerprint density at radius 2 is 2.05 bits per heavy atom. The molecule has 0 radical (unpaired) electrons. The van der Waals surface area contributed by atoms with E-state index in [0.717, 1.165) is 23.9 Å². The lowest BCUT2D eigenvalue weighted by atomic mass is 9.94. The zero-order valence-electron chi connectivity index (χ0n) is 11.8. The molecule has 0 spiro atoms. The van der Waals surface area contributed by atoms with Gasteiger partial charge in [-0.2, -0.15) is 0 Å². The lowest BCUT2D eigenvalue weighted by Gasteiger charge is -2.18. The zero-order valence-corrected chi connectivity index (χ0v) is 11.8. The van der Waals surface area contributed by atoms with E-state index in [-0.39, 0.29) is 0 Å². The van der Waals surface area contributed by atoms with Crippen LogP contribution in [0.4, 0.5) is 0 Å². The van der Waals surface area contributed by atoms with E-state index in [0.29, 0.717) is 6.54 Å². The van der Waals surface area contributed by atoms with E-state index in [2.05, 4.69) is 10.3 Å². The van der Waals surface area contributed by atoms with Crippen molar-refractivity contribution in [1.29, 1.82) is 0 Å². The number of likely N-dealkylation sites (N-methyl/N-ethyl adjacent to an activating group) is 1. The van der Waals surface area contributed by atoms with Gasteiger partial charge in [-0.25, -0.2) is 0 Å². The summed E-state index contributed by atoms with van der Waals surface area (Å²) in [5.41, 5.74) is 4.65. The van der Waals surface area contributed by atoms with Crippen molar-refractivity contribution in [2.75, 3.05) is 13.6 Å². The van der Waals surface area contributed by atoms with Gasteiger partial charge < -0.3 is 20.5 Å². The highest BCUT2D eigenvalue weighted by Crippen LogP contribution is 2.31. The van der Waals surface area contributed by atoms with Gasteiger partial charge >= 0.3 is 0 Å². The van der Waals surface area contributed by atoms with Crippen molar-refractivity contribution in [3.63, 3.8) is 0 Å². The number of aromatic nitrogens is 1. The maximum absolute atomic E-state index is 10.2. The van der Waals surface area contributed by atoms with Crippen LogP contribution in [0, 0.1) is 0 Å². The fraction of sp³-hybridized carbons (Fsp3) is 0.500. The molecule has 2 atom stereocenters. The Labute approximate surface area is 118 Å². The van der Waals surface area contributed by atoms with Gasteiger partial charge in [0.1, 0.15) is 6.10 Å². The van der Waals surface area contributed by atoms with Crippen LogP contribution in [0.15, 0.2) is 18.2 Å². The second-order valence-corrected chi connectivity index (χ2v) is 5.66. The molecule has 0 bridgehead atoms. The number of fused-ring (bicyclic) bond motifs is 3. The number of H-pyrrole nitrogens is 1. The minimum atomic E-state index is -0.846. The lowest BCUT2D eigenvalue weighted by Crippen LogP contribution is -2.29. The third kappa shape index (κ3) is 2.35. The summed E-state index contributed by atoms with van der Waals surface area (Å²) in [4.78, 5) is 3.48. The molecule has 2 aromatic rings. The SMILES string of the molecule is CNCC(O)C(O)c1ccc2[nH]c3c(c2c1)CCCC3. The van der Waals surface area contributed by atoms with E-state index >= 15 is 0 Å². The summed E-state index contributed by atoms with van der Waals surface area (Å²) in [5.74, 6) is 0. The molecule has 4 N–H and O–H groups in total. The van der Waals surface area contributed by atoms with Gasteiger partial charge in [0.2, 0.25) is 0 Å². The van der Waals surface area contributed by atoms with Gasteiger partial charge in [0.25, 0.3) is 0 Å². The number of rotatable bonds is 4. The minimum absolute atomic E-state index is 0.379. The second-order valence-electron chi connectivity index (χ2n) is 5.66. The molecule has 0 fully saturated rings. The normalized spacial score (nSPS) is 17.9. The predicted molar refractivity (Wildman–Crippen MR) is 79.8 cm³/mol. The number of aryl methyl sites for hydroxylation is 2. The summed E-state index contributed by atoms with van der Waals surface area (Å²) >= 11 is 0. The van der Waals surface area contributed by atoms with E-state index in [4.69, 9.17) is 0 Å².